The van der Waals surface area contributed by atoms with Crippen molar-refractivity contribution in [2.45, 2.75) is 20.8 Å². The van der Waals surface area contributed by atoms with Crippen LogP contribution in [0.2, 0.25) is 5.28 Å². The molecule has 1 aromatic heterocycles. The van der Waals surface area contributed by atoms with Crippen LogP contribution >= 0.6 is 11.6 Å². The number of nitrogens with zero attached hydrogens (tertiary/aromatic N) is 4. The van der Waals surface area contributed by atoms with Crippen LogP contribution in [0.1, 0.15) is 18.1 Å². The number of rotatable bonds is 4. The second kappa shape index (κ2) is 6.05. The Morgan fingerprint density at radius 3 is 2.35 bits per heavy atom. The molecule has 2 rings (SSSR count). The largest absolute Gasteiger partial charge is 0.354 e. The van der Waals surface area contributed by atoms with Crippen LogP contribution in [0.4, 0.5) is 17.6 Å². The molecule has 106 valence electrons. The van der Waals surface area contributed by atoms with Gasteiger partial charge in [0, 0.05) is 19.3 Å². The van der Waals surface area contributed by atoms with Crippen molar-refractivity contribution in [3.8, 4) is 0 Å². The predicted octanol–water partition coefficient (Wildman–Crippen LogP) is 3.34. The Balaban J connectivity index is 2.39. The molecule has 0 radical (unpaired) electrons. The molecule has 5 nitrogen and oxygen atoms in total. The summed E-state index contributed by atoms with van der Waals surface area (Å²) < 4.78 is 0. The van der Waals surface area contributed by atoms with Gasteiger partial charge in [-0.25, -0.2) is 0 Å². The van der Waals surface area contributed by atoms with Crippen molar-refractivity contribution in [1.82, 2.24) is 15.0 Å². The smallest absolute Gasteiger partial charge is 0.235 e. The molecule has 0 fully saturated rings. The van der Waals surface area contributed by atoms with Crippen molar-refractivity contribution < 1.29 is 0 Å². The highest BCUT2D eigenvalue weighted by molar-refractivity contribution is 6.28. The molecule has 0 bridgehead atoms. The van der Waals surface area contributed by atoms with Crippen LogP contribution in [-0.2, 0) is 0 Å². The normalized spacial score (nSPS) is 10.4. The molecule has 20 heavy (non-hydrogen) atoms. The molecule has 2 aromatic rings. The first-order valence-electron chi connectivity index (χ1n) is 6.47. The summed E-state index contributed by atoms with van der Waals surface area (Å²) in [5.41, 5.74) is 3.41. The fourth-order valence-electron chi connectivity index (χ4n) is 1.99. The van der Waals surface area contributed by atoms with E-state index in [2.05, 4.69) is 52.3 Å². The monoisotopic (exact) mass is 291 g/mol. The standard InChI is InChI=1S/C14H18ClN5/c1-5-16-13-17-12(15)18-14(19-13)20(4)11-7-9(2)6-10(3)8-11/h6-8H,5H2,1-4H3,(H,16,17,18,19). The maximum atomic E-state index is 5.95. The van der Waals surface area contributed by atoms with Crippen LogP contribution in [0, 0.1) is 13.8 Å². The molecule has 1 heterocycles. The van der Waals surface area contributed by atoms with Crippen LogP contribution < -0.4 is 10.2 Å². The SMILES string of the molecule is CCNc1nc(Cl)nc(N(C)c2cc(C)cc(C)c2)n1. The van der Waals surface area contributed by atoms with Crippen LogP contribution in [0.25, 0.3) is 0 Å². The van der Waals surface area contributed by atoms with Crippen LogP contribution in [-0.4, -0.2) is 28.5 Å². The Morgan fingerprint density at radius 2 is 1.75 bits per heavy atom. The Morgan fingerprint density at radius 1 is 1.10 bits per heavy atom. The maximum Gasteiger partial charge on any atom is 0.235 e. The number of hydrogen-bond donors (Lipinski definition) is 1. The molecule has 0 saturated heterocycles. The molecule has 0 atom stereocenters. The van der Waals surface area contributed by atoms with Gasteiger partial charge in [-0.1, -0.05) is 6.07 Å². The minimum absolute atomic E-state index is 0.183. The lowest BCUT2D eigenvalue weighted by molar-refractivity contribution is 0.972. The Hall–Kier alpha value is -1.88. The molecule has 0 aliphatic rings. The van der Waals surface area contributed by atoms with E-state index in [1.807, 2.05) is 18.9 Å². The summed E-state index contributed by atoms with van der Waals surface area (Å²) in [6.07, 6.45) is 0. The lowest BCUT2D eigenvalue weighted by atomic mass is 10.1. The molecule has 6 heteroatoms. The van der Waals surface area contributed by atoms with E-state index in [1.54, 1.807) is 0 Å². The van der Waals surface area contributed by atoms with Gasteiger partial charge in [0.15, 0.2) is 0 Å². The number of halogens is 1. The fraction of sp³-hybridized carbons (Fsp3) is 0.357. The first-order chi connectivity index (χ1) is 9.49. The Labute approximate surface area is 124 Å². The van der Waals surface area contributed by atoms with E-state index in [-0.39, 0.29) is 5.28 Å². The zero-order valence-electron chi connectivity index (χ0n) is 12.1. The summed E-state index contributed by atoms with van der Waals surface area (Å²) in [6, 6.07) is 6.29. The van der Waals surface area contributed by atoms with Crippen LogP contribution in [0.5, 0.6) is 0 Å². The van der Waals surface area contributed by atoms with Gasteiger partial charge in [0.2, 0.25) is 17.2 Å². The van der Waals surface area contributed by atoms with Crippen molar-refractivity contribution in [1.29, 1.82) is 0 Å². The van der Waals surface area contributed by atoms with Gasteiger partial charge in [0.1, 0.15) is 0 Å². The summed E-state index contributed by atoms with van der Waals surface area (Å²) in [7, 11) is 1.91. The highest BCUT2D eigenvalue weighted by Gasteiger charge is 2.11. The lowest BCUT2D eigenvalue weighted by Gasteiger charge is -2.19. The third kappa shape index (κ3) is 3.36. The maximum absolute atomic E-state index is 5.95. The summed E-state index contributed by atoms with van der Waals surface area (Å²) in [4.78, 5) is 14.5. The quantitative estimate of drug-likeness (QED) is 0.936. The Bertz CT molecular complexity index is 594. The second-order valence-corrected chi connectivity index (χ2v) is 5.00. The lowest BCUT2D eigenvalue weighted by Crippen LogP contribution is -2.15. The zero-order valence-corrected chi connectivity index (χ0v) is 12.9. The van der Waals surface area contributed by atoms with Crippen molar-refractivity contribution in [3.63, 3.8) is 0 Å². The van der Waals surface area contributed by atoms with Crippen LogP contribution in [0.15, 0.2) is 18.2 Å². The van der Waals surface area contributed by atoms with Gasteiger partial charge >= 0.3 is 0 Å². The van der Waals surface area contributed by atoms with Crippen molar-refractivity contribution in [2.24, 2.45) is 0 Å². The zero-order chi connectivity index (χ0) is 14.7. The number of hydrogen-bond acceptors (Lipinski definition) is 5. The molecule has 0 aliphatic carbocycles. The molecule has 0 saturated carbocycles. The van der Waals surface area contributed by atoms with E-state index in [0.29, 0.717) is 11.9 Å². The number of benzene rings is 1. The van der Waals surface area contributed by atoms with E-state index < -0.39 is 0 Å². The first-order valence-corrected chi connectivity index (χ1v) is 6.85. The minimum Gasteiger partial charge on any atom is -0.354 e. The third-order valence-corrected chi connectivity index (χ3v) is 2.99. The molecule has 0 spiro atoms. The number of aromatic nitrogens is 3. The topological polar surface area (TPSA) is 53.9 Å². The average Bonchev–Trinajstić information content (AvgIpc) is 2.36. The minimum atomic E-state index is 0.183. The van der Waals surface area contributed by atoms with Gasteiger partial charge in [-0.2, -0.15) is 15.0 Å². The molecular formula is C14H18ClN5. The first kappa shape index (κ1) is 14.5. The van der Waals surface area contributed by atoms with Crippen LogP contribution in [0.3, 0.4) is 0 Å². The molecule has 0 amide bonds. The molecule has 1 aromatic carbocycles. The Kier molecular flexibility index (Phi) is 4.39. The highest BCUT2D eigenvalue weighted by atomic mass is 35.5. The highest BCUT2D eigenvalue weighted by Crippen LogP contribution is 2.24. The van der Waals surface area contributed by atoms with Gasteiger partial charge in [-0.15, -0.1) is 0 Å². The molecule has 1 N–H and O–H groups in total. The summed E-state index contributed by atoms with van der Waals surface area (Å²) in [5, 5.41) is 3.23. The van der Waals surface area contributed by atoms with E-state index in [0.717, 1.165) is 12.2 Å². The number of aryl methyl sites for hydroxylation is 2. The van der Waals surface area contributed by atoms with E-state index >= 15 is 0 Å². The molecule has 0 unspecified atom stereocenters. The van der Waals surface area contributed by atoms with Gasteiger partial charge in [-0.3, -0.25) is 0 Å². The fourth-order valence-corrected chi connectivity index (χ4v) is 2.14. The summed E-state index contributed by atoms with van der Waals surface area (Å²) in [6.45, 7) is 6.83. The van der Waals surface area contributed by atoms with Crippen molar-refractivity contribution in [2.75, 3.05) is 23.8 Å². The number of nitrogens with one attached hydrogen (secondary N) is 1. The molecule has 0 aliphatic heterocycles. The second-order valence-electron chi connectivity index (χ2n) is 4.66. The van der Waals surface area contributed by atoms with Gasteiger partial charge in [0.25, 0.3) is 0 Å². The van der Waals surface area contributed by atoms with E-state index in [9.17, 15) is 0 Å². The third-order valence-electron chi connectivity index (χ3n) is 2.82. The van der Waals surface area contributed by atoms with Gasteiger partial charge in [-0.05, 0) is 55.6 Å². The summed E-state index contributed by atoms with van der Waals surface area (Å²) >= 11 is 5.95. The molecular weight excluding hydrogens is 274 g/mol. The average molecular weight is 292 g/mol. The van der Waals surface area contributed by atoms with Crippen molar-refractivity contribution >= 4 is 29.2 Å². The van der Waals surface area contributed by atoms with Gasteiger partial charge in [0.05, 0.1) is 0 Å². The summed E-state index contributed by atoms with van der Waals surface area (Å²) in [5.74, 6) is 1.00. The van der Waals surface area contributed by atoms with Crippen molar-refractivity contribution in [3.05, 3.63) is 34.6 Å². The number of anilines is 3. The predicted molar refractivity (Wildman–Crippen MR) is 83.0 cm³/mol. The van der Waals surface area contributed by atoms with Gasteiger partial charge < -0.3 is 10.2 Å². The van der Waals surface area contributed by atoms with E-state index in [1.165, 1.54) is 11.1 Å². The van der Waals surface area contributed by atoms with E-state index in [4.69, 9.17) is 11.6 Å².